The number of thiol groups is 1. The predicted octanol–water partition coefficient (Wildman–Crippen LogP) is 1.50. The third-order valence-electron chi connectivity index (χ3n) is 1.57. The SMILES string of the molecule is Nc1cnc2c(S)cccc2n1. The van der Waals surface area contributed by atoms with Crippen LogP contribution >= 0.6 is 12.6 Å². The van der Waals surface area contributed by atoms with Gasteiger partial charge in [-0.1, -0.05) is 6.07 Å². The molecule has 0 saturated carbocycles. The number of nitrogen functional groups attached to an aromatic ring is 1. The topological polar surface area (TPSA) is 51.8 Å². The Labute approximate surface area is 75.0 Å². The van der Waals surface area contributed by atoms with Crippen molar-refractivity contribution in [2.24, 2.45) is 0 Å². The summed E-state index contributed by atoms with van der Waals surface area (Å²) in [4.78, 5) is 9.04. The van der Waals surface area contributed by atoms with Crippen molar-refractivity contribution in [2.45, 2.75) is 4.90 Å². The molecular formula is C8H7N3S. The highest BCUT2D eigenvalue weighted by Gasteiger charge is 1.98. The van der Waals surface area contributed by atoms with Gasteiger partial charge >= 0.3 is 0 Å². The molecule has 1 heterocycles. The molecule has 2 rings (SSSR count). The number of fused-ring (bicyclic) bond motifs is 1. The monoisotopic (exact) mass is 177 g/mol. The number of benzene rings is 1. The Kier molecular flexibility index (Phi) is 1.62. The van der Waals surface area contributed by atoms with E-state index in [4.69, 9.17) is 5.73 Å². The second-order valence-electron chi connectivity index (χ2n) is 2.44. The molecular weight excluding hydrogens is 170 g/mol. The summed E-state index contributed by atoms with van der Waals surface area (Å²) >= 11 is 4.24. The molecule has 4 heteroatoms. The molecule has 0 aliphatic heterocycles. The fraction of sp³-hybridized carbons (Fsp3) is 0. The van der Waals surface area contributed by atoms with Crippen LogP contribution in [0.25, 0.3) is 11.0 Å². The molecule has 0 atom stereocenters. The third kappa shape index (κ3) is 1.10. The molecule has 1 aromatic carbocycles. The van der Waals surface area contributed by atoms with Crippen molar-refractivity contribution in [3.05, 3.63) is 24.4 Å². The summed E-state index contributed by atoms with van der Waals surface area (Å²) in [7, 11) is 0. The van der Waals surface area contributed by atoms with E-state index < -0.39 is 0 Å². The fourth-order valence-corrected chi connectivity index (χ4v) is 1.30. The van der Waals surface area contributed by atoms with Gasteiger partial charge in [0, 0.05) is 4.90 Å². The van der Waals surface area contributed by atoms with Crippen molar-refractivity contribution in [3.8, 4) is 0 Å². The van der Waals surface area contributed by atoms with E-state index in [0.29, 0.717) is 5.82 Å². The van der Waals surface area contributed by atoms with Crippen molar-refractivity contribution in [1.29, 1.82) is 0 Å². The number of nitrogens with zero attached hydrogens (tertiary/aromatic N) is 2. The lowest BCUT2D eigenvalue weighted by Crippen LogP contribution is -1.92. The lowest BCUT2D eigenvalue weighted by molar-refractivity contribution is 1.27. The van der Waals surface area contributed by atoms with Crippen LogP contribution in [-0.2, 0) is 0 Å². The van der Waals surface area contributed by atoms with Crippen LogP contribution < -0.4 is 5.73 Å². The highest BCUT2D eigenvalue weighted by molar-refractivity contribution is 7.80. The zero-order chi connectivity index (χ0) is 8.55. The summed E-state index contributed by atoms with van der Waals surface area (Å²) in [6.45, 7) is 0. The molecule has 0 radical (unpaired) electrons. The van der Waals surface area contributed by atoms with E-state index in [1.165, 1.54) is 6.20 Å². The Bertz CT molecular complexity index is 428. The number of para-hydroxylation sites is 1. The van der Waals surface area contributed by atoms with Crippen molar-refractivity contribution in [3.63, 3.8) is 0 Å². The van der Waals surface area contributed by atoms with Crippen LogP contribution in [-0.4, -0.2) is 9.97 Å². The smallest absolute Gasteiger partial charge is 0.142 e. The minimum absolute atomic E-state index is 0.432. The van der Waals surface area contributed by atoms with Crippen molar-refractivity contribution in [1.82, 2.24) is 9.97 Å². The first-order valence-electron chi connectivity index (χ1n) is 3.47. The van der Waals surface area contributed by atoms with Crippen molar-refractivity contribution >= 4 is 29.5 Å². The Morgan fingerprint density at radius 3 is 3.00 bits per heavy atom. The molecule has 2 N–H and O–H groups in total. The van der Waals surface area contributed by atoms with Gasteiger partial charge in [-0.05, 0) is 12.1 Å². The first-order chi connectivity index (χ1) is 5.77. The van der Waals surface area contributed by atoms with E-state index in [9.17, 15) is 0 Å². The van der Waals surface area contributed by atoms with E-state index in [1.54, 1.807) is 0 Å². The van der Waals surface area contributed by atoms with Crippen LogP contribution in [0.1, 0.15) is 0 Å². The molecule has 2 aromatic rings. The number of hydrogen-bond donors (Lipinski definition) is 2. The van der Waals surface area contributed by atoms with E-state index >= 15 is 0 Å². The summed E-state index contributed by atoms with van der Waals surface area (Å²) in [6.07, 6.45) is 1.53. The van der Waals surface area contributed by atoms with Crippen LogP contribution in [0.5, 0.6) is 0 Å². The first kappa shape index (κ1) is 7.36. The van der Waals surface area contributed by atoms with Gasteiger partial charge in [0.25, 0.3) is 0 Å². The standard InChI is InChI=1S/C8H7N3S/c9-7-4-10-8-5(11-7)2-1-3-6(8)12/h1-4,12H,(H2,9,11). The largest absolute Gasteiger partial charge is 0.382 e. The quantitative estimate of drug-likeness (QED) is 0.599. The first-order valence-corrected chi connectivity index (χ1v) is 3.92. The van der Waals surface area contributed by atoms with Gasteiger partial charge in [0.05, 0.1) is 11.7 Å². The van der Waals surface area contributed by atoms with Gasteiger partial charge in [-0.25, -0.2) is 9.97 Å². The molecule has 0 bridgehead atoms. The fourth-order valence-electron chi connectivity index (χ4n) is 1.04. The molecule has 12 heavy (non-hydrogen) atoms. The maximum atomic E-state index is 5.48. The van der Waals surface area contributed by atoms with Gasteiger partial charge in [-0.3, -0.25) is 0 Å². The van der Waals surface area contributed by atoms with E-state index in [1.807, 2.05) is 18.2 Å². The van der Waals surface area contributed by atoms with Crippen LogP contribution in [0.4, 0.5) is 5.82 Å². The van der Waals surface area contributed by atoms with Gasteiger partial charge in [-0.15, -0.1) is 12.6 Å². The number of anilines is 1. The molecule has 0 spiro atoms. The Hall–Kier alpha value is -1.29. The van der Waals surface area contributed by atoms with E-state index in [2.05, 4.69) is 22.6 Å². The minimum atomic E-state index is 0.432. The van der Waals surface area contributed by atoms with Crippen LogP contribution in [0.2, 0.25) is 0 Å². The van der Waals surface area contributed by atoms with Gasteiger partial charge < -0.3 is 5.73 Å². The van der Waals surface area contributed by atoms with Gasteiger partial charge in [0.1, 0.15) is 11.3 Å². The zero-order valence-corrected chi connectivity index (χ0v) is 7.12. The second-order valence-corrected chi connectivity index (χ2v) is 2.92. The number of hydrogen-bond acceptors (Lipinski definition) is 4. The summed E-state index contributed by atoms with van der Waals surface area (Å²) in [5.74, 6) is 0.432. The molecule has 1 aromatic heterocycles. The zero-order valence-electron chi connectivity index (χ0n) is 6.23. The molecule has 60 valence electrons. The number of aromatic nitrogens is 2. The Morgan fingerprint density at radius 2 is 2.17 bits per heavy atom. The lowest BCUT2D eigenvalue weighted by atomic mass is 10.3. The second kappa shape index (κ2) is 2.64. The van der Waals surface area contributed by atoms with Crippen LogP contribution in [0.15, 0.2) is 29.3 Å². The number of nitrogens with two attached hydrogens (primary N) is 1. The molecule has 0 saturated heterocycles. The lowest BCUT2D eigenvalue weighted by Gasteiger charge is -1.98. The van der Waals surface area contributed by atoms with Crippen molar-refractivity contribution < 1.29 is 0 Å². The Balaban J connectivity index is 2.86. The maximum absolute atomic E-state index is 5.48. The molecule has 0 amide bonds. The Morgan fingerprint density at radius 1 is 1.33 bits per heavy atom. The number of rotatable bonds is 0. The van der Waals surface area contributed by atoms with Crippen molar-refractivity contribution in [2.75, 3.05) is 5.73 Å². The van der Waals surface area contributed by atoms with Crippen LogP contribution in [0.3, 0.4) is 0 Å². The molecule has 0 aliphatic rings. The highest BCUT2D eigenvalue weighted by Crippen LogP contribution is 2.17. The molecule has 3 nitrogen and oxygen atoms in total. The highest BCUT2D eigenvalue weighted by atomic mass is 32.1. The van der Waals surface area contributed by atoms with Gasteiger partial charge in [-0.2, -0.15) is 0 Å². The maximum Gasteiger partial charge on any atom is 0.142 e. The van der Waals surface area contributed by atoms with Gasteiger partial charge in [0.2, 0.25) is 0 Å². The molecule has 0 unspecified atom stereocenters. The van der Waals surface area contributed by atoms with Gasteiger partial charge in [0.15, 0.2) is 0 Å². The van der Waals surface area contributed by atoms with E-state index in [0.717, 1.165) is 15.9 Å². The summed E-state index contributed by atoms with van der Waals surface area (Å²) < 4.78 is 0. The summed E-state index contributed by atoms with van der Waals surface area (Å²) in [5, 5.41) is 0. The average Bonchev–Trinajstić information content (AvgIpc) is 2.04. The molecule has 0 aliphatic carbocycles. The predicted molar refractivity (Wildman–Crippen MR) is 51.2 cm³/mol. The van der Waals surface area contributed by atoms with E-state index in [-0.39, 0.29) is 0 Å². The summed E-state index contributed by atoms with van der Waals surface area (Å²) in [6, 6.07) is 5.60. The third-order valence-corrected chi connectivity index (χ3v) is 1.93. The molecule has 0 fully saturated rings. The summed E-state index contributed by atoms with van der Waals surface area (Å²) in [5.41, 5.74) is 7.04. The minimum Gasteiger partial charge on any atom is -0.382 e. The normalized spacial score (nSPS) is 10.4. The van der Waals surface area contributed by atoms with Crippen LogP contribution in [0, 0.1) is 0 Å². The average molecular weight is 177 g/mol.